The van der Waals surface area contributed by atoms with Crippen LogP contribution in [0.1, 0.15) is 26.7 Å². The highest BCUT2D eigenvalue weighted by atomic mass is 16.2. The van der Waals surface area contributed by atoms with Crippen molar-refractivity contribution in [3.63, 3.8) is 0 Å². The summed E-state index contributed by atoms with van der Waals surface area (Å²) in [7, 11) is 0. The molecule has 0 saturated carbocycles. The molecule has 100 valence electrons. The summed E-state index contributed by atoms with van der Waals surface area (Å²) in [4.78, 5) is 36.9. The molecular weight excluding hydrogens is 236 g/mol. The van der Waals surface area contributed by atoms with Crippen LogP contribution in [0.15, 0.2) is 0 Å². The molecule has 7 heteroatoms. The van der Waals surface area contributed by atoms with Gasteiger partial charge in [-0.3, -0.25) is 9.59 Å². The predicted molar refractivity (Wildman–Crippen MR) is 62.9 cm³/mol. The van der Waals surface area contributed by atoms with Crippen LogP contribution in [0, 0.1) is 5.92 Å². The fourth-order valence-corrected chi connectivity index (χ4v) is 2.37. The molecule has 2 bridgehead atoms. The number of carbonyl (C=O) groups excluding carboxylic acids is 3. The molecule has 2 heterocycles. The number of hydrogen-bond acceptors (Lipinski definition) is 4. The predicted octanol–water partition coefficient (Wildman–Crippen LogP) is -0.572. The average molecular weight is 254 g/mol. The van der Waals surface area contributed by atoms with Gasteiger partial charge in [0.05, 0.1) is 0 Å². The number of nitrogens with one attached hydrogen (secondary N) is 1. The van der Waals surface area contributed by atoms with Crippen molar-refractivity contribution in [3.8, 4) is 0 Å². The van der Waals surface area contributed by atoms with Crippen LogP contribution in [-0.2, 0) is 9.59 Å². The number of imide groups is 1. The first-order valence-corrected chi connectivity index (χ1v) is 6.11. The number of urea groups is 1. The van der Waals surface area contributed by atoms with Crippen LogP contribution in [-0.4, -0.2) is 46.4 Å². The molecule has 7 nitrogen and oxygen atoms in total. The number of hydrogen-bond donors (Lipinski definition) is 2. The zero-order valence-electron chi connectivity index (χ0n) is 10.5. The van der Waals surface area contributed by atoms with Crippen molar-refractivity contribution in [1.82, 2.24) is 15.2 Å². The van der Waals surface area contributed by atoms with Gasteiger partial charge in [0.1, 0.15) is 6.04 Å². The van der Waals surface area contributed by atoms with Gasteiger partial charge in [0, 0.05) is 18.5 Å². The Kier molecular flexibility index (Phi) is 3.25. The van der Waals surface area contributed by atoms with Crippen LogP contribution in [0.4, 0.5) is 4.79 Å². The maximum Gasteiger partial charge on any atom is 0.318 e. The van der Waals surface area contributed by atoms with Gasteiger partial charge in [0.2, 0.25) is 5.91 Å². The second-order valence-electron chi connectivity index (χ2n) is 5.09. The Hall–Kier alpha value is -1.63. The minimum Gasteiger partial charge on any atom is -0.333 e. The lowest BCUT2D eigenvalue weighted by Gasteiger charge is -2.31. The third-order valence-corrected chi connectivity index (χ3v) is 3.42. The number of carbonyl (C=O) groups is 3. The quantitative estimate of drug-likeness (QED) is 0.392. The Morgan fingerprint density at radius 1 is 1.44 bits per heavy atom. The number of nitrogens with zero attached hydrogens (tertiary/aromatic N) is 2. The van der Waals surface area contributed by atoms with Crippen LogP contribution in [0.5, 0.6) is 0 Å². The van der Waals surface area contributed by atoms with Crippen LogP contribution >= 0.6 is 0 Å². The van der Waals surface area contributed by atoms with Crippen molar-refractivity contribution >= 4 is 17.8 Å². The normalized spacial score (nSPS) is 26.2. The average Bonchev–Trinajstić information content (AvgIpc) is 2.62. The van der Waals surface area contributed by atoms with E-state index in [1.54, 1.807) is 13.8 Å². The second kappa shape index (κ2) is 4.56. The molecule has 0 aromatic heterocycles. The Labute approximate surface area is 105 Å². The van der Waals surface area contributed by atoms with Crippen LogP contribution in [0.3, 0.4) is 0 Å². The molecule has 4 amide bonds. The first-order chi connectivity index (χ1) is 8.41. The molecule has 18 heavy (non-hydrogen) atoms. The van der Waals surface area contributed by atoms with Crippen molar-refractivity contribution in [2.75, 3.05) is 6.54 Å². The van der Waals surface area contributed by atoms with Gasteiger partial charge in [0.15, 0.2) is 0 Å². The highest BCUT2D eigenvalue weighted by Gasteiger charge is 2.43. The minimum atomic E-state index is -0.614. The lowest BCUT2D eigenvalue weighted by molar-refractivity contribution is -0.150. The Balaban J connectivity index is 2.09. The number of piperidine rings is 1. The van der Waals surface area contributed by atoms with Crippen LogP contribution in [0.25, 0.3) is 0 Å². The maximum absolute atomic E-state index is 12.1. The van der Waals surface area contributed by atoms with Crippen molar-refractivity contribution in [3.05, 3.63) is 0 Å². The van der Waals surface area contributed by atoms with E-state index in [9.17, 15) is 14.4 Å². The Morgan fingerprint density at radius 2 is 2.11 bits per heavy atom. The van der Waals surface area contributed by atoms with Crippen molar-refractivity contribution < 1.29 is 14.4 Å². The monoisotopic (exact) mass is 254 g/mol. The summed E-state index contributed by atoms with van der Waals surface area (Å²) >= 11 is 0. The van der Waals surface area contributed by atoms with E-state index in [1.165, 1.54) is 4.90 Å². The van der Waals surface area contributed by atoms with Gasteiger partial charge in [-0.2, -0.15) is 0 Å². The fraction of sp³-hybridized carbons (Fsp3) is 0.727. The number of rotatable bonds is 2. The van der Waals surface area contributed by atoms with Gasteiger partial charge < -0.3 is 10.2 Å². The highest BCUT2D eigenvalue weighted by molar-refractivity contribution is 5.99. The standard InChI is InChI=1S/C11H18N4O3/c1-6(2)9(16)15(12)10(17)8-4-3-7-5-14(8)11(18)13-7/h6-8H,3-5,12H2,1-2H3,(H,13,18). The molecular formula is C11H18N4O3. The van der Waals surface area contributed by atoms with E-state index in [0.717, 1.165) is 6.42 Å². The molecule has 0 aromatic carbocycles. The SMILES string of the molecule is CC(C)C(=O)N(N)C(=O)C1CCC2CN1C(=O)N2. The maximum atomic E-state index is 12.1. The van der Waals surface area contributed by atoms with E-state index in [1.807, 2.05) is 0 Å². The summed E-state index contributed by atoms with van der Waals surface area (Å²) in [5.41, 5.74) is 0. The smallest absolute Gasteiger partial charge is 0.318 e. The van der Waals surface area contributed by atoms with E-state index >= 15 is 0 Å². The molecule has 0 aliphatic carbocycles. The molecule has 0 radical (unpaired) electrons. The van der Waals surface area contributed by atoms with Crippen molar-refractivity contribution in [1.29, 1.82) is 0 Å². The summed E-state index contributed by atoms with van der Waals surface area (Å²) in [5, 5.41) is 3.44. The van der Waals surface area contributed by atoms with Gasteiger partial charge in [-0.05, 0) is 12.8 Å². The molecule has 2 aliphatic rings. The Morgan fingerprint density at radius 3 is 2.72 bits per heavy atom. The molecule has 2 fully saturated rings. The number of fused-ring (bicyclic) bond motifs is 2. The summed E-state index contributed by atoms with van der Waals surface area (Å²) < 4.78 is 0. The summed E-state index contributed by atoms with van der Waals surface area (Å²) in [6.07, 6.45) is 1.28. The first-order valence-electron chi connectivity index (χ1n) is 6.11. The number of hydrazine groups is 1. The largest absolute Gasteiger partial charge is 0.333 e. The Bertz CT molecular complexity index is 396. The van der Waals surface area contributed by atoms with Gasteiger partial charge in [0.25, 0.3) is 5.91 Å². The van der Waals surface area contributed by atoms with Crippen molar-refractivity contribution in [2.24, 2.45) is 11.8 Å². The molecule has 2 aliphatic heterocycles. The minimum absolute atomic E-state index is 0.119. The summed E-state index contributed by atoms with van der Waals surface area (Å²) in [6.45, 7) is 3.86. The van der Waals surface area contributed by atoms with E-state index in [-0.39, 0.29) is 18.0 Å². The van der Waals surface area contributed by atoms with Gasteiger partial charge in [-0.25, -0.2) is 15.6 Å². The van der Waals surface area contributed by atoms with Crippen LogP contribution < -0.4 is 11.2 Å². The van der Waals surface area contributed by atoms with Crippen LogP contribution in [0.2, 0.25) is 0 Å². The molecule has 2 atom stereocenters. The summed E-state index contributed by atoms with van der Waals surface area (Å²) in [5.74, 6) is 4.27. The van der Waals surface area contributed by atoms with E-state index in [0.29, 0.717) is 18.0 Å². The van der Waals surface area contributed by atoms with Gasteiger partial charge in [-0.1, -0.05) is 13.8 Å². The topological polar surface area (TPSA) is 95.7 Å². The zero-order valence-corrected chi connectivity index (χ0v) is 10.5. The van der Waals surface area contributed by atoms with E-state index < -0.39 is 17.9 Å². The lowest BCUT2D eigenvalue weighted by Crippen LogP contribution is -2.56. The fourth-order valence-electron chi connectivity index (χ4n) is 2.37. The molecule has 2 rings (SSSR count). The first kappa shape index (κ1) is 12.8. The molecule has 2 saturated heterocycles. The number of nitrogens with two attached hydrogens (primary N) is 1. The van der Waals surface area contributed by atoms with Crippen molar-refractivity contribution in [2.45, 2.75) is 38.8 Å². The van der Waals surface area contributed by atoms with Gasteiger partial charge >= 0.3 is 6.03 Å². The zero-order chi connectivity index (χ0) is 13.4. The van der Waals surface area contributed by atoms with E-state index in [4.69, 9.17) is 5.84 Å². The number of amides is 4. The summed E-state index contributed by atoms with van der Waals surface area (Å²) in [6, 6.07) is -0.744. The lowest BCUT2D eigenvalue weighted by atomic mass is 10.00. The highest BCUT2D eigenvalue weighted by Crippen LogP contribution is 2.24. The third kappa shape index (κ3) is 2.05. The molecule has 0 aromatic rings. The molecule has 2 unspecified atom stereocenters. The molecule has 0 spiro atoms. The third-order valence-electron chi connectivity index (χ3n) is 3.42. The van der Waals surface area contributed by atoms with Gasteiger partial charge in [-0.15, -0.1) is 0 Å². The van der Waals surface area contributed by atoms with E-state index in [2.05, 4.69) is 5.32 Å². The second-order valence-corrected chi connectivity index (χ2v) is 5.09. The molecule has 3 N–H and O–H groups in total.